The first kappa shape index (κ1) is 14.5. The standard InChI is InChI=1S/C16H27N3/c1-4-16-6-8-19(11-13(2)9-18-16)12-15-5-7-17-10-14(15)3/h5,7,10,13,16,18H,4,6,8-9,11-12H2,1-3H3. The molecule has 1 aliphatic rings. The molecular formula is C16H27N3. The van der Waals surface area contributed by atoms with Crippen molar-refractivity contribution in [3.8, 4) is 0 Å². The second kappa shape index (κ2) is 7.01. The highest BCUT2D eigenvalue weighted by Crippen LogP contribution is 2.14. The van der Waals surface area contributed by atoms with Gasteiger partial charge in [0.05, 0.1) is 0 Å². The molecule has 106 valence electrons. The molecule has 1 saturated heterocycles. The van der Waals surface area contributed by atoms with Crippen LogP contribution in [0.15, 0.2) is 18.5 Å². The molecule has 0 spiro atoms. The van der Waals surface area contributed by atoms with Crippen LogP contribution in [0, 0.1) is 12.8 Å². The molecular weight excluding hydrogens is 234 g/mol. The van der Waals surface area contributed by atoms with Crippen LogP contribution < -0.4 is 5.32 Å². The van der Waals surface area contributed by atoms with Gasteiger partial charge in [-0.3, -0.25) is 9.88 Å². The fourth-order valence-corrected chi connectivity index (χ4v) is 2.82. The van der Waals surface area contributed by atoms with Gasteiger partial charge in [-0.15, -0.1) is 0 Å². The molecule has 2 atom stereocenters. The second-order valence-corrected chi connectivity index (χ2v) is 5.94. The SMILES string of the molecule is CCC1CCN(Cc2ccncc2C)CC(C)CN1. The average molecular weight is 261 g/mol. The number of pyridine rings is 1. The van der Waals surface area contributed by atoms with Crippen LogP contribution in [0.4, 0.5) is 0 Å². The maximum absolute atomic E-state index is 4.18. The highest BCUT2D eigenvalue weighted by Gasteiger charge is 2.18. The Morgan fingerprint density at radius 2 is 2.32 bits per heavy atom. The summed E-state index contributed by atoms with van der Waals surface area (Å²) in [5.74, 6) is 0.719. The molecule has 0 radical (unpaired) electrons. The monoisotopic (exact) mass is 261 g/mol. The normalized spacial score (nSPS) is 25.8. The Hall–Kier alpha value is -0.930. The lowest BCUT2D eigenvalue weighted by Gasteiger charge is -2.32. The fraction of sp³-hybridized carbons (Fsp3) is 0.688. The second-order valence-electron chi connectivity index (χ2n) is 5.94. The molecule has 3 nitrogen and oxygen atoms in total. The smallest absolute Gasteiger partial charge is 0.0300 e. The Morgan fingerprint density at radius 3 is 3.05 bits per heavy atom. The third kappa shape index (κ3) is 4.29. The molecule has 1 fully saturated rings. The molecule has 19 heavy (non-hydrogen) atoms. The van der Waals surface area contributed by atoms with Gasteiger partial charge in [-0.05, 0) is 56.0 Å². The first-order valence-electron chi connectivity index (χ1n) is 7.54. The molecule has 0 bridgehead atoms. The molecule has 1 N–H and O–H groups in total. The number of hydrogen-bond acceptors (Lipinski definition) is 3. The van der Waals surface area contributed by atoms with Crippen molar-refractivity contribution in [2.45, 2.75) is 46.2 Å². The predicted octanol–water partition coefficient (Wildman–Crippen LogP) is 2.60. The van der Waals surface area contributed by atoms with Crippen LogP contribution >= 0.6 is 0 Å². The molecule has 3 heteroatoms. The predicted molar refractivity (Wildman–Crippen MR) is 80.1 cm³/mol. The lowest BCUT2D eigenvalue weighted by Crippen LogP contribution is -2.43. The van der Waals surface area contributed by atoms with E-state index in [9.17, 15) is 0 Å². The van der Waals surface area contributed by atoms with Crippen LogP contribution in [0.1, 0.15) is 37.8 Å². The first-order valence-corrected chi connectivity index (χ1v) is 7.54. The van der Waals surface area contributed by atoms with E-state index in [-0.39, 0.29) is 0 Å². The maximum Gasteiger partial charge on any atom is 0.0300 e. The van der Waals surface area contributed by atoms with Crippen LogP contribution in [0.2, 0.25) is 0 Å². The Labute approximate surface area is 117 Å². The minimum Gasteiger partial charge on any atom is -0.314 e. The highest BCUT2D eigenvalue weighted by molar-refractivity contribution is 5.21. The summed E-state index contributed by atoms with van der Waals surface area (Å²) in [6.45, 7) is 11.4. The van der Waals surface area contributed by atoms with Gasteiger partial charge in [-0.2, -0.15) is 0 Å². The van der Waals surface area contributed by atoms with Crippen molar-refractivity contribution >= 4 is 0 Å². The summed E-state index contributed by atoms with van der Waals surface area (Å²) in [7, 11) is 0. The van der Waals surface area contributed by atoms with Crippen molar-refractivity contribution in [2.24, 2.45) is 5.92 Å². The van der Waals surface area contributed by atoms with Gasteiger partial charge in [0.15, 0.2) is 0 Å². The van der Waals surface area contributed by atoms with Gasteiger partial charge in [0, 0.05) is 31.5 Å². The molecule has 1 aromatic rings. The van der Waals surface area contributed by atoms with Crippen LogP contribution in [0.25, 0.3) is 0 Å². The van der Waals surface area contributed by atoms with Crippen LogP contribution in [0.5, 0.6) is 0 Å². The number of aryl methyl sites for hydroxylation is 1. The van der Waals surface area contributed by atoms with E-state index in [1.165, 1.54) is 37.1 Å². The summed E-state index contributed by atoms with van der Waals surface area (Å²) in [5, 5.41) is 3.68. The van der Waals surface area contributed by atoms with Gasteiger partial charge in [0.1, 0.15) is 0 Å². The first-order chi connectivity index (χ1) is 9.19. The summed E-state index contributed by atoms with van der Waals surface area (Å²) in [6, 6.07) is 2.85. The third-order valence-corrected chi connectivity index (χ3v) is 4.14. The van der Waals surface area contributed by atoms with Gasteiger partial charge in [0.25, 0.3) is 0 Å². The minimum absolute atomic E-state index is 0.684. The number of rotatable bonds is 3. The lowest BCUT2D eigenvalue weighted by atomic mass is 10.0. The molecule has 2 unspecified atom stereocenters. The van der Waals surface area contributed by atoms with Crippen LogP contribution in [0.3, 0.4) is 0 Å². The number of hydrogen-bond donors (Lipinski definition) is 1. The Bertz CT molecular complexity index is 391. The summed E-state index contributed by atoms with van der Waals surface area (Å²) in [4.78, 5) is 6.79. The van der Waals surface area contributed by atoms with E-state index < -0.39 is 0 Å². The summed E-state index contributed by atoms with van der Waals surface area (Å²) in [5.41, 5.74) is 2.73. The van der Waals surface area contributed by atoms with E-state index in [1.54, 1.807) is 0 Å². The molecule has 1 aromatic heterocycles. The van der Waals surface area contributed by atoms with Crippen molar-refractivity contribution in [3.05, 3.63) is 29.6 Å². The van der Waals surface area contributed by atoms with Crippen LogP contribution in [-0.4, -0.2) is 35.6 Å². The summed E-state index contributed by atoms with van der Waals surface area (Å²) in [6.07, 6.45) is 6.37. The summed E-state index contributed by atoms with van der Waals surface area (Å²) >= 11 is 0. The Balaban J connectivity index is 1.99. The molecule has 0 amide bonds. The molecule has 1 aliphatic heterocycles. The van der Waals surface area contributed by atoms with Crippen LogP contribution in [-0.2, 0) is 6.54 Å². The van der Waals surface area contributed by atoms with E-state index in [0.29, 0.717) is 6.04 Å². The quantitative estimate of drug-likeness (QED) is 0.906. The maximum atomic E-state index is 4.18. The van der Waals surface area contributed by atoms with Crippen molar-refractivity contribution in [2.75, 3.05) is 19.6 Å². The van der Waals surface area contributed by atoms with Crippen molar-refractivity contribution < 1.29 is 0 Å². The molecule has 2 heterocycles. The zero-order valence-electron chi connectivity index (χ0n) is 12.5. The molecule has 0 aliphatic carbocycles. The van der Waals surface area contributed by atoms with Crippen molar-refractivity contribution in [1.29, 1.82) is 0 Å². The van der Waals surface area contributed by atoms with Gasteiger partial charge >= 0.3 is 0 Å². The van der Waals surface area contributed by atoms with Crippen molar-refractivity contribution in [1.82, 2.24) is 15.2 Å². The van der Waals surface area contributed by atoms with Gasteiger partial charge in [0.2, 0.25) is 0 Å². The lowest BCUT2D eigenvalue weighted by molar-refractivity contribution is 0.190. The Morgan fingerprint density at radius 1 is 1.47 bits per heavy atom. The fourth-order valence-electron chi connectivity index (χ4n) is 2.82. The highest BCUT2D eigenvalue weighted by atomic mass is 15.1. The van der Waals surface area contributed by atoms with E-state index in [4.69, 9.17) is 0 Å². The van der Waals surface area contributed by atoms with E-state index >= 15 is 0 Å². The third-order valence-electron chi connectivity index (χ3n) is 4.14. The topological polar surface area (TPSA) is 28.2 Å². The zero-order valence-corrected chi connectivity index (χ0v) is 12.5. The summed E-state index contributed by atoms with van der Waals surface area (Å²) < 4.78 is 0. The molecule has 0 saturated carbocycles. The van der Waals surface area contributed by atoms with Gasteiger partial charge in [-0.25, -0.2) is 0 Å². The van der Waals surface area contributed by atoms with E-state index in [2.05, 4.69) is 42.0 Å². The largest absolute Gasteiger partial charge is 0.314 e. The number of aromatic nitrogens is 1. The van der Waals surface area contributed by atoms with E-state index in [1.807, 2.05) is 12.4 Å². The molecule has 2 rings (SSSR count). The average Bonchev–Trinajstić information content (AvgIpc) is 2.39. The van der Waals surface area contributed by atoms with Gasteiger partial charge in [-0.1, -0.05) is 13.8 Å². The number of nitrogens with one attached hydrogen (secondary N) is 1. The van der Waals surface area contributed by atoms with E-state index in [0.717, 1.165) is 19.0 Å². The minimum atomic E-state index is 0.684. The zero-order chi connectivity index (χ0) is 13.7. The Kier molecular flexibility index (Phi) is 5.34. The van der Waals surface area contributed by atoms with Crippen molar-refractivity contribution in [3.63, 3.8) is 0 Å². The van der Waals surface area contributed by atoms with Gasteiger partial charge < -0.3 is 5.32 Å². The molecule has 0 aromatic carbocycles. The number of nitrogens with zero attached hydrogens (tertiary/aromatic N) is 2.